The standard InChI is InChI=1S/C14H13BrN2O2/c1-9(18)17-13-6-11(5-12(15)7-13)10-3-4-14(19-2)16-8-10/h3-8H,1-2H3,(H,17,18). The molecule has 19 heavy (non-hydrogen) atoms. The number of anilines is 1. The lowest BCUT2D eigenvalue weighted by Gasteiger charge is -2.08. The van der Waals surface area contributed by atoms with Gasteiger partial charge in [0.05, 0.1) is 7.11 Å². The first-order valence-electron chi connectivity index (χ1n) is 5.67. The molecular weight excluding hydrogens is 308 g/mol. The van der Waals surface area contributed by atoms with E-state index in [4.69, 9.17) is 4.74 Å². The molecule has 5 heteroatoms. The normalized spacial score (nSPS) is 10.1. The summed E-state index contributed by atoms with van der Waals surface area (Å²) in [5, 5.41) is 2.76. The number of hydrogen-bond acceptors (Lipinski definition) is 3. The number of amides is 1. The highest BCUT2D eigenvalue weighted by atomic mass is 79.9. The van der Waals surface area contributed by atoms with Gasteiger partial charge in [0.1, 0.15) is 0 Å². The Morgan fingerprint density at radius 3 is 2.63 bits per heavy atom. The summed E-state index contributed by atoms with van der Waals surface area (Å²) in [6, 6.07) is 9.44. The van der Waals surface area contributed by atoms with Crippen molar-refractivity contribution in [1.29, 1.82) is 0 Å². The Hall–Kier alpha value is -1.88. The van der Waals surface area contributed by atoms with E-state index in [1.54, 1.807) is 19.4 Å². The van der Waals surface area contributed by atoms with Gasteiger partial charge in [-0.1, -0.05) is 15.9 Å². The highest BCUT2D eigenvalue weighted by molar-refractivity contribution is 9.10. The van der Waals surface area contributed by atoms with E-state index in [1.807, 2.05) is 24.3 Å². The maximum Gasteiger partial charge on any atom is 0.221 e. The first-order valence-corrected chi connectivity index (χ1v) is 6.46. The minimum Gasteiger partial charge on any atom is -0.481 e. The van der Waals surface area contributed by atoms with Crippen LogP contribution >= 0.6 is 15.9 Å². The van der Waals surface area contributed by atoms with E-state index in [0.717, 1.165) is 21.3 Å². The van der Waals surface area contributed by atoms with E-state index in [1.165, 1.54) is 6.92 Å². The summed E-state index contributed by atoms with van der Waals surface area (Å²) < 4.78 is 5.92. The van der Waals surface area contributed by atoms with Crippen molar-refractivity contribution in [3.63, 3.8) is 0 Å². The molecule has 0 bridgehead atoms. The molecule has 0 aliphatic carbocycles. The van der Waals surface area contributed by atoms with Crippen LogP contribution in [0.25, 0.3) is 11.1 Å². The summed E-state index contributed by atoms with van der Waals surface area (Å²) in [7, 11) is 1.58. The monoisotopic (exact) mass is 320 g/mol. The maximum absolute atomic E-state index is 11.1. The molecule has 2 aromatic rings. The number of hydrogen-bond donors (Lipinski definition) is 1. The molecular formula is C14H13BrN2O2. The predicted octanol–water partition coefficient (Wildman–Crippen LogP) is 3.48. The number of nitrogens with zero attached hydrogens (tertiary/aromatic N) is 1. The number of aromatic nitrogens is 1. The summed E-state index contributed by atoms with van der Waals surface area (Å²) in [4.78, 5) is 15.3. The lowest BCUT2D eigenvalue weighted by atomic mass is 10.1. The van der Waals surface area contributed by atoms with Crippen molar-refractivity contribution < 1.29 is 9.53 Å². The zero-order valence-electron chi connectivity index (χ0n) is 10.6. The molecule has 0 saturated carbocycles. The van der Waals surface area contributed by atoms with Gasteiger partial charge in [-0.15, -0.1) is 0 Å². The molecule has 1 N–H and O–H groups in total. The van der Waals surface area contributed by atoms with Crippen LogP contribution in [0, 0.1) is 0 Å². The lowest BCUT2D eigenvalue weighted by Crippen LogP contribution is -2.05. The molecule has 4 nitrogen and oxygen atoms in total. The number of nitrogens with one attached hydrogen (secondary N) is 1. The van der Waals surface area contributed by atoms with Crippen LogP contribution in [0.5, 0.6) is 5.88 Å². The molecule has 2 rings (SSSR count). The minimum absolute atomic E-state index is 0.100. The number of benzene rings is 1. The largest absolute Gasteiger partial charge is 0.481 e. The van der Waals surface area contributed by atoms with Gasteiger partial charge in [-0.05, 0) is 29.8 Å². The summed E-state index contributed by atoms with van der Waals surface area (Å²) in [6.07, 6.45) is 1.73. The molecule has 0 spiro atoms. The van der Waals surface area contributed by atoms with Crippen LogP contribution in [0.1, 0.15) is 6.92 Å². The van der Waals surface area contributed by atoms with Crippen molar-refractivity contribution in [2.45, 2.75) is 6.92 Å². The second-order valence-corrected chi connectivity index (χ2v) is 4.91. The number of halogens is 1. The average molecular weight is 321 g/mol. The highest BCUT2D eigenvalue weighted by Crippen LogP contribution is 2.27. The Morgan fingerprint density at radius 1 is 1.26 bits per heavy atom. The Morgan fingerprint density at radius 2 is 2.05 bits per heavy atom. The topological polar surface area (TPSA) is 51.2 Å². The maximum atomic E-state index is 11.1. The molecule has 0 unspecified atom stereocenters. The van der Waals surface area contributed by atoms with E-state index in [-0.39, 0.29) is 5.91 Å². The van der Waals surface area contributed by atoms with E-state index in [2.05, 4.69) is 26.2 Å². The molecule has 1 aromatic heterocycles. The van der Waals surface area contributed by atoms with Gasteiger partial charge in [-0.2, -0.15) is 0 Å². The molecule has 0 atom stereocenters. The molecule has 0 aliphatic rings. The van der Waals surface area contributed by atoms with Crippen LogP contribution in [-0.2, 0) is 4.79 Å². The van der Waals surface area contributed by atoms with Crippen molar-refractivity contribution in [2.24, 2.45) is 0 Å². The summed E-state index contributed by atoms with van der Waals surface area (Å²) in [5.41, 5.74) is 2.66. The Balaban J connectivity index is 2.37. The van der Waals surface area contributed by atoms with Crippen LogP contribution < -0.4 is 10.1 Å². The summed E-state index contributed by atoms with van der Waals surface area (Å²) >= 11 is 3.43. The smallest absolute Gasteiger partial charge is 0.221 e. The van der Waals surface area contributed by atoms with Crippen molar-refractivity contribution in [3.8, 4) is 17.0 Å². The van der Waals surface area contributed by atoms with Crippen LogP contribution in [0.15, 0.2) is 41.0 Å². The fourth-order valence-corrected chi connectivity index (χ4v) is 2.20. The van der Waals surface area contributed by atoms with Crippen LogP contribution in [0.2, 0.25) is 0 Å². The van der Waals surface area contributed by atoms with Gasteiger partial charge in [0.25, 0.3) is 0 Å². The van der Waals surface area contributed by atoms with E-state index < -0.39 is 0 Å². The zero-order chi connectivity index (χ0) is 13.8. The van der Waals surface area contributed by atoms with Crippen molar-refractivity contribution in [1.82, 2.24) is 4.98 Å². The molecule has 0 radical (unpaired) electrons. The number of carbonyl (C=O) groups excluding carboxylic acids is 1. The third kappa shape index (κ3) is 3.54. The van der Waals surface area contributed by atoms with Gasteiger partial charge in [-0.3, -0.25) is 4.79 Å². The number of rotatable bonds is 3. The van der Waals surface area contributed by atoms with E-state index in [0.29, 0.717) is 5.88 Å². The Bertz CT molecular complexity index is 597. The summed E-state index contributed by atoms with van der Waals surface area (Å²) in [6.45, 7) is 1.48. The van der Waals surface area contributed by atoms with Gasteiger partial charge in [0.2, 0.25) is 11.8 Å². The van der Waals surface area contributed by atoms with E-state index in [9.17, 15) is 4.79 Å². The SMILES string of the molecule is COc1ccc(-c2cc(Br)cc(NC(C)=O)c2)cn1. The molecule has 1 amide bonds. The molecule has 1 heterocycles. The quantitative estimate of drug-likeness (QED) is 0.942. The molecule has 0 saturated heterocycles. The van der Waals surface area contributed by atoms with E-state index >= 15 is 0 Å². The number of methoxy groups -OCH3 is 1. The molecule has 0 aliphatic heterocycles. The fraction of sp³-hybridized carbons (Fsp3) is 0.143. The highest BCUT2D eigenvalue weighted by Gasteiger charge is 2.04. The van der Waals surface area contributed by atoms with Gasteiger partial charge in [-0.25, -0.2) is 4.98 Å². The average Bonchev–Trinajstić information content (AvgIpc) is 2.37. The molecule has 98 valence electrons. The van der Waals surface area contributed by atoms with Gasteiger partial charge < -0.3 is 10.1 Å². The summed E-state index contributed by atoms with van der Waals surface area (Å²) in [5.74, 6) is 0.470. The third-order valence-corrected chi connectivity index (χ3v) is 2.95. The zero-order valence-corrected chi connectivity index (χ0v) is 12.2. The second kappa shape index (κ2) is 5.84. The van der Waals surface area contributed by atoms with Crippen LogP contribution in [0.4, 0.5) is 5.69 Å². The lowest BCUT2D eigenvalue weighted by molar-refractivity contribution is -0.114. The van der Waals surface area contributed by atoms with Crippen LogP contribution in [-0.4, -0.2) is 18.0 Å². The van der Waals surface area contributed by atoms with Crippen molar-refractivity contribution in [2.75, 3.05) is 12.4 Å². The minimum atomic E-state index is -0.100. The molecule has 1 aromatic carbocycles. The van der Waals surface area contributed by atoms with Gasteiger partial charge >= 0.3 is 0 Å². The van der Waals surface area contributed by atoms with Crippen molar-refractivity contribution in [3.05, 3.63) is 41.0 Å². The first kappa shape index (κ1) is 13.5. The van der Waals surface area contributed by atoms with Crippen molar-refractivity contribution >= 4 is 27.5 Å². The fourth-order valence-electron chi connectivity index (χ4n) is 1.70. The molecule has 0 fully saturated rings. The number of carbonyl (C=O) groups is 1. The first-order chi connectivity index (χ1) is 9.08. The van der Waals surface area contributed by atoms with Gasteiger partial charge in [0.15, 0.2) is 0 Å². The Kier molecular flexibility index (Phi) is 4.16. The number of pyridine rings is 1. The third-order valence-electron chi connectivity index (χ3n) is 2.50. The number of ether oxygens (including phenoxy) is 1. The predicted molar refractivity (Wildman–Crippen MR) is 78.2 cm³/mol. The van der Waals surface area contributed by atoms with Gasteiger partial charge in [0, 0.05) is 34.9 Å². The Labute approximate surface area is 119 Å². The second-order valence-electron chi connectivity index (χ2n) is 4.00. The van der Waals surface area contributed by atoms with Crippen LogP contribution in [0.3, 0.4) is 0 Å².